The van der Waals surface area contributed by atoms with E-state index in [1.165, 1.54) is 12.1 Å². The highest BCUT2D eigenvalue weighted by molar-refractivity contribution is 5.99. The second kappa shape index (κ2) is 9.11. The summed E-state index contributed by atoms with van der Waals surface area (Å²) >= 11 is 0. The molecule has 0 saturated heterocycles. The minimum absolute atomic E-state index is 0.0340. The fourth-order valence-electron chi connectivity index (χ4n) is 4.27. The van der Waals surface area contributed by atoms with Gasteiger partial charge in [-0.25, -0.2) is 4.98 Å². The first-order chi connectivity index (χ1) is 17.3. The van der Waals surface area contributed by atoms with Crippen LogP contribution >= 0.6 is 0 Å². The Bertz CT molecular complexity index is 1660. The molecule has 36 heavy (non-hydrogen) atoms. The van der Waals surface area contributed by atoms with Gasteiger partial charge in [-0.15, -0.1) is 0 Å². The molecular weight excluding hydrogens is 465 g/mol. The van der Waals surface area contributed by atoms with Gasteiger partial charge in [0, 0.05) is 34.3 Å². The van der Waals surface area contributed by atoms with Gasteiger partial charge in [-0.05, 0) is 43.7 Å². The highest BCUT2D eigenvalue weighted by Crippen LogP contribution is 2.32. The quantitative estimate of drug-likeness (QED) is 0.253. The van der Waals surface area contributed by atoms with Crippen molar-refractivity contribution in [1.82, 2.24) is 14.2 Å². The van der Waals surface area contributed by atoms with Crippen molar-refractivity contribution in [2.75, 3.05) is 0 Å². The molecule has 0 fully saturated rings. The van der Waals surface area contributed by atoms with Crippen molar-refractivity contribution in [3.63, 3.8) is 0 Å². The van der Waals surface area contributed by atoms with Crippen LogP contribution in [0.5, 0.6) is 0 Å². The van der Waals surface area contributed by atoms with Crippen LogP contribution in [0.2, 0.25) is 0 Å². The average molecular weight is 489 g/mol. The van der Waals surface area contributed by atoms with Gasteiger partial charge in [0.1, 0.15) is 0 Å². The van der Waals surface area contributed by atoms with Gasteiger partial charge in [0.25, 0.3) is 5.56 Å². The lowest BCUT2D eigenvalue weighted by Gasteiger charge is -2.12. The van der Waals surface area contributed by atoms with E-state index in [9.17, 15) is 18.0 Å². The third-order valence-electron chi connectivity index (χ3n) is 6.35. The van der Waals surface area contributed by atoms with E-state index >= 15 is 0 Å². The van der Waals surface area contributed by atoms with E-state index in [0.717, 1.165) is 39.7 Å². The third kappa shape index (κ3) is 4.19. The molecule has 0 aliphatic rings. The molecule has 0 radical (unpaired) electrons. The number of para-hydroxylation sites is 2. The molecule has 0 aliphatic heterocycles. The molecule has 0 unspecified atom stereocenters. The van der Waals surface area contributed by atoms with E-state index in [-0.39, 0.29) is 17.4 Å². The Kier molecular flexibility index (Phi) is 5.96. The Hall–Kier alpha value is -4.20. The van der Waals surface area contributed by atoms with Crippen LogP contribution in [0.15, 0.2) is 88.9 Å². The zero-order chi connectivity index (χ0) is 25.4. The lowest BCUT2D eigenvalue weighted by molar-refractivity contribution is -0.137. The van der Waals surface area contributed by atoms with Gasteiger partial charge in [-0.3, -0.25) is 4.79 Å². The molecule has 8 heteroatoms. The highest BCUT2D eigenvalue weighted by atomic mass is 19.4. The first kappa shape index (κ1) is 23.5. The van der Waals surface area contributed by atoms with Crippen molar-refractivity contribution < 1.29 is 13.2 Å². The van der Waals surface area contributed by atoms with Crippen molar-refractivity contribution in [3.8, 4) is 11.4 Å². The van der Waals surface area contributed by atoms with Gasteiger partial charge >= 0.3 is 6.18 Å². The van der Waals surface area contributed by atoms with Crippen molar-refractivity contribution >= 4 is 28.0 Å². The monoisotopic (exact) mass is 488 g/mol. The van der Waals surface area contributed by atoms with Crippen LogP contribution < -0.4 is 5.56 Å². The normalized spacial score (nSPS) is 13.1. The van der Waals surface area contributed by atoms with Crippen molar-refractivity contribution in [3.05, 3.63) is 100 Å². The molecule has 5 nitrogen and oxygen atoms in total. The van der Waals surface area contributed by atoms with Gasteiger partial charge in [0.2, 0.25) is 0 Å². The van der Waals surface area contributed by atoms with Crippen molar-refractivity contribution in [2.24, 2.45) is 5.10 Å². The zero-order valence-electron chi connectivity index (χ0n) is 19.7. The number of nitrogens with zero attached hydrogens (tertiary/aromatic N) is 4. The molecular formula is C28H23F3N4O. The molecule has 2 heterocycles. The van der Waals surface area contributed by atoms with Crippen LogP contribution in [0.1, 0.15) is 37.4 Å². The van der Waals surface area contributed by atoms with Gasteiger partial charge < -0.3 is 4.57 Å². The molecule has 182 valence electrons. The molecule has 5 aromatic rings. The maximum atomic E-state index is 13.4. The van der Waals surface area contributed by atoms with E-state index < -0.39 is 17.3 Å². The number of rotatable bonds is 5. The Labute approximate surface area is 205 Å². The predicted octanol–water partition coefficient (Wildman–Crippen LogP) is 6.89. The number of alkyl halides is 3. The molecule has 1 atom stereocenters. The summed E-state index contributed by atoms with van der Waals surface area (Å²) in [6, 6.07) is 19.6. The Morgan fingerprint density at radius 3 is 2.47 bits per heavy atom. The summed E-state index contributed by atoms with van der Waals surface area (Å²) in [5.41, 5.74) is 1.07. The van der Waals surface area contributed by atoms with Crippen LogP contribution in [0, 0.1) is 0 Å². The lowest BCUT2D eigenvalue weighted by Crippen LogP contribution is -2.20. The van der Waals surface area contributed by atoms with Crippen LogP contribution in [-0.4, -0.2) is 20.4 Å². The number of hydrogen-bond donors (Lipinski definition) is 0. The summed E-state index contributed by atoms with van der Waals surface area (Å²) in [6.07, 6.45) is -0.0516. The molecule has 2 aromatic heterocycles. The number of aromatic nitrogens is 3. The van der Waals surface area contributed by atoms with Crippen LogP contribution in [-0.2, 0) is 6.18 Å². The molecule has 0 bridgehead atoms. The first-order valence-corrected chi connectivity index (χ1v) is 11.6. The summed E-state index contributed by atoms with van der Waals surface area (Å²) < 4.78 is 43.5. The summed E-state index contributed by atoms with van der Waals surface area (Å²) in [5, 5.41) is 5.75. The van der Waals surface area contributed by atoms with Crippen molar-refractivity contribution in [2.45, 2.75) is 32.5 Å². The Balaban J connectivity index is 1.72. The Morgan fingerprint density at radius 1 is 1.00 bits per heavy atom. The van der Waals surface area contributed by atoms with E-state index in [1.54, 1.807) is 30.5 Å². The molecule has 0 amide bonds. The highest BCUT2D eigenvalue weighted by Gasteiger charge is 2.31. The van der Waals surface area contributed by atoms with E-state index in [1.807, 2.05) is 30.5 Å². The number of halogens is 3. The standard InChI is InChI=1S/C28H23F3N4O/c1-3-18(2)34-17-20(22-11-5-7-14-25(22)34)16-32-35-26(19-9-8-10-21(15-19)28(29,30)31)33-24-13-6-4-12-23(24)27(35)36/h4-18H,3H2,1-2H3/t18-/m1/s1. The largest absolute Gasteiger partial charge is 0.416 e. The lowest BCUT2D eigenvalue weighted by atomic mass is 10.1. The summed E-state index contributed by atoms with van der Waals surface area (Å²) in [6.45, 7) is 4.23. The topological polar surface area (TPSA) is 52.2 Å². The molecule has 0 saturated carbocycles. The Morgan fingerprint density at radius 2 is 1.72 bits per heavy atom. The minimum Gasteiger partial charge on any atom is -0.344 e. The summed E-state index contributed by atoms with van der Waals surface area (Å²) in [7, 11) is 0. The van der Waals surface area contributed by atoms with Gasteiger partial charge in [-0.1, -0.05) is 49.4 Å². The zero-order valence-corrected chi connectivity index (χ0v) is 19.7. The summed E-state index contributed by atoms with van der Waals surface area (Å²) in [5.74, 6) is 0.0340. The second-order valence-corrected chi connectivity index (χ2v) is 8.66. The van der Waals surface area contributed by atoms with Gasteiger partial charge in [-0.2, -0.15) is 22.9 Å². The third-order valence-corrected chi connectivity index (χ3v) is 6.35. The molecule has 5 rings (SSSR count). The number of benzene rings is 3. The fraction of sp³-hybridized carbons (Fsp3) is 0.179. The molecule has 0 aliphatic carbocycles. The average Bonchev–Trinajstić information content (AvgIpc) is 3.26. The molecule has 0 spiro atoms. The summed E-state index contributed by atoms with van der Waals surface area (Å²) in [4.78, 5) is 18.0. The predicted molar refractivity (Wildman–Crippen MR) is 136 cm³/mol. The van der Waals surface area contributed by atoms with Crippen molar-refractivity contribution in [1.29, 1.82) is 0 Å². The number of hydrogen-bond acceptors (Lipinski definition) is 3. The molecule has 0 N–H and O–H groups in total. The van der Waals surface area contributed by atoms with E-state index in [2.05, 4.69) is 28.5 Å². The maximum absolute atomic E-state index is 13.4. The van der Waals surface area contributed by atoms with Crippen LogP contribution in [0.4, 0.5) is 13.2 Å². The second-order valence-electron chi connectivity index (χ2n) is 8.66. The van der Waals surface area contributed by atoms with E-state index in [4.69, 9.17) is 0 Å². The SMILES string of the molecule is CC[C@@H](C)n1cc(C=Nn2c(-c3cccc(C(F)(F)F)c3)nc3ccccc3c2=O)c2ccccc21. The van der Waals surface area contributed by atoms with E-state index in [0.29, 0.717) is 10.9 Å². The smallest absolute Gasteiger partial charge is 0.344 e. The van der Waals surface area contributed by atoms with Gasteiger partial charge in [0.05, 0.1) is 22.7 Å². The fourth-order valence-corrected chi connectivity index (χ4v) is 4.27. The molecule has 3 aromatic carbocycles. The minimum atomic E-state index is -4.53. The maximum Gasteiger partial charge on any atom is 0.416 e. The number of fused-ring (bicyclic) bond motifs is 2. The van der Waals surface area contributed by atoms with Gasteiger partial charge in [0.15, 0.2) is 5.82 Å². The van der Waals surface area contributed by atoms with Crippen LogP contribution in [0.25, 0.3) is 33.2 Å². The van der Waals surface area contributed by atoms with Crippen LogP contribution in [0.3, 0.4) is 0 Å². The first-order valence-electron chi connectivity index (χ1n) is 11.6.